The topological polar surface area (TPSA) is 97.3 Å². The molecule has 0 aliphatic rings. The summed E-state index contributed by atoms with van der Waals surface area (Å²) in [6.07, 6.45) is -0.465. The Labute approximate surface area is 261 Å². The first-order valence-corrected chi connectivity index (χ1v) is 15.0. The van der Waals surface area contributed by atoms with E-state index in [9.17, 15) is 14.7 Å². The van der Waals surface area contributed by atoms with E-state index in [4.69, 9.17) is 14.2 Å². The van der Waals surface area contributed by atoms with Gasteiger partial charge < -0.3 is 29.5 Å². The van der Waals surface area contributed by atoms with Crippen LogP contribution >= 0.6 is 0 Å². The second-order valence-corrected chi connectivity index (χ2v) is 12.1. The summed E-state index contributed by atoms with van der Waals surface area (Å²) in [4.78, 5) is 27.8. The van der Waals surface area contributed by atoms with Crippen molar-refractivity contribution in [2.45, 2.75) is 77.9 Å². The van der Waals surface area contributed by atoms with Crippen LogP contribution in [0.15, 0.2) is 91.5 Å². The maximum atomic E-state index is 13.5. The summed E-state index contributed by atoms with van der Waals surface area (Å²) < 4.78 is 16.9. The summed E-state index contributed by atoms with van der Waals surface area (Å²) >= 11 is 0. The summed E-state index contributed by atoms with van der Waals surface area (Å²) in [6.45, 7) is 13.8. The molecule has 8 heteroatoms. The van der Waals surface area contributed by atoms with Gasteiger partial charge in [-0.1, -0.05) is 93.2 Å². The first-order valence-electron chi connectivity index (χ1n) is 15.0. The number of hydrogen-bond acceptors (Lipinski definition) is 6. The van der Waals surface area contributed by atoms with E-state index in [2.05, 4.69) is 37.9 Å². The Bertz CT molecular complexity index is 1350. The highest BCUT2D eigenvalue weighted by atomic mass is 16.6. The van der Waals surface area contributed by atoms with E-state index >= 15 is 0 Å². The molecule has 8 nitrogen and oxygen atoms in total. The highest BCUT2D eigenvalue weighted by Gasteiger charge is 2.29. The molecule has 0 saturated heterocycles. The van der Waals surface area contributed by atoms with Gasteiger partial charge in [0.05, 0.1) is 18.7 Å². The van der Waals surface area contributed by atoms with Crippen LogP contribution in [0.25, 0.3) is 0 Å². The molecular weight excluding hydrogens is 556 g/mol. The zero-order chi connectivity index (χ0) is 32.1. The molecule has 3 aromatic carbocycles. The van der Waals surface area contributed by atoms with E-state index in [-0.39, 0.29) is 26.1 Å². The van der Waals surface area contributed by atoms with E-state index in [1.54, 1.807) is 26.8 Å². The molecule has 0 spiro atoms. The van der Waals surface area contributed by atoms with Gasteiger partial charge in [0.2, 0.25) is 0 Å². The zero-order valence-corrected chi connectivity index (χ0v) is 26.5. The first-order chi connectivity index (χ1) is 20.9. The average molecular weight is 603 g/mol. The number of amides is 2. The number of alkyl carbamates (subject to hydrolysis) is 1. The number of carbonyl (C=O) groups is 2. The molecule has 0 saturated carbocycles. The van der Waals surface area contributed by atoms with Crippen molar-refractivity contribution in [1.82, 2.24) is 10.2 Å². The fraction of sp³-hybridized carbons (Fsp3) is 0.389. The first kappa shape index (κ1) is 34.2. The van der Waals surface area contributed by atoms with Crippen LogP contribution < -0.4 is 10.1 Å². The Morgan fingerprint density at radius 2 is 1.64 bits per heavy atom. The molecule has 236 valence electrons. The second kappa shape index (κ2) is 16.5. The van der Waals surface area contributed by atoms with Crippen LogP contribution in [-0.4, -0.2) is 53.1 Å². The maximum absolute atomic E-state index is 13.5. The van der Waals surface area contributed by atoms with Crippen LogP contribution in [0.4, 0.5) is 9.59 Å². The summed E-state index contributed by atoms with van der Waals surface area (Å²) in [6, 6.07) is 24.1. The number of benzene rings is 3. The molecule has 2 atom stereocenters. The number of ether oxygens (including phenoxy) is 3. The van der Waals surface area contributed by atoms with Gasteiger partial charge in [0, 0.05) is 6.54 Å². The largest absolute Gasteiger partial charge is 0.490 e. The van der Waals surface area contributed by atoms with Crippen molar-refractivity contribution in [3.8, 4) is 5.75 Å². The number of hydrogen-bond donors (Lipinski definition) is 2. The third-order valence-corrected chi connectivity index (χ3v) is 6.75. The highest BCUT2D eigenvalue weighted by molar-refractivity contribution is 5.69. The number of nitrogens with one attached hydrogen (secondary N) is 1. The van der Waals surface area contributed by atoms with Crippen LogP contribution in [0.5, 0.6) is 5.75 Å². The predicted octanol–water partition coefficient (Wildman–Crippen LogP) is 7.01. The van der Waals surface area contributed by atoms with Crippen LogP contribution in [0.2, 0.25) is 0 Å². The molecule has 3 aromatic rings. The van der Waals surface area contributed by atoms with Gasteiger partial charge in [0.1, 0.15) is 24.6 Å². The lowest BCUT2D eigenvalue weighted by atomic mass is 9.99. The molecule has 3 rings (SSSR count). The van der Waals surface area contributed by atoms with E-state index < -0.39 is 29.9 Å². The Morgan fingerprint density at radius 1 is 0.955 bits per heavy atom. The molecule has 0 aromatic heterocycles. The minimum absolute atomic E-state index is 0.0906. The lowest BCUT2D eigenvalue weighted by Gasteiger charge is -2.31. The Kier molecular flexibility index (Phi) is 12.8. The van der Waals surface area contributed by atoms with Gasteiger partial charge in [0.25, 0.3) is 0 Å². The van der Waals surface area contributed by atoms with Gasteiger partial charge in [-0.2, -0.15) is 0 Å². The van der Waals surface area contributed by atoms with Gasteiger partial charge >= 0.3 is 12.2 Å². The van der Waals surface area contributed by atoms with Crippen molar-refractivity contribution >= 4 is 12.2 Å². The molecule has 44 heavy (non-hydrogen) atoms. The van der Waals surface area contributed by atoms with E-state index in [1.165, 1.54) is 4.90 Å². The quantitative estimate of drug-likeness (QED) is 0.193. The predicted molar refractivity (Wildman–Crippen MR) is 173 cm³/mol. The van der Waals surface area contributed by atoms with Crippen molar-refractivity contribution in [3.05, 3.63) is 114 Å². The third-order valence-electron chi connectivity index (χ3n) is 6.75. The number of carbonyl (C=O) groups excluding carboxylic acids is 2. The molecular formula is C36H46N2O6. The monoisotopic (exact) mass is 602 g/mol. The van der Waals surface area contributed by atoms with Gasteiger partial charge in [0.15, 0.2) is 0 Å². The fourth-order valence-corrected chi connectivity index (χ4v) is 4.55. The molecule has 2 N–H and O–H groups in total. The maximum Gasteiger partial charge on any atom is 0.410 e. The normalized spacial score (nSPS) is 12.6. The standard InChI is InChI=1S/C36H46N2O6/c1-7-19-42-31-18-12-15-28(21-31)22-32(37-34(40)44-36(4,5)6)33(39)24-38(23-29-16-11-17-30(20-29)26(2)3)35(41)43-25-27-13-9-8-10-14-27/h7-18,20-21,26,32-33,39H,1,19,22-25H2,2-6H3,(H,37,40)/t32-,33-/m0/s1. The molecule has 0 heterocycles. The minimum atomic E-state index is -1.15. The lowest BCUT2D eigenvalue weighted by Crippen LogP contribution is -2.51. The molecule has 0 fully saturated rings. The number of aliphatic hydroxyl groups excluding tert-OH is 1. The second-order valence-electron chi connectivity index (χ2n) is 12.1. The van der Waals surface area contributed by atoms with Crippen molar-refractivity contribution in [3.63, 3.8) is 0 Å². The molecule has 0 bridgehead atoms. The number of rotatable bonds is 14. The van der Waals surface area contributed by atoms with Crippen LogP contribution in [0.1, 0.15) is 62.8 Å². The van der Waals surface area contributed by atoms with Crippen molar-refractivity contribution in [2.24, 2.45) is 0 Å². The SMILES string of the molecule is C=CCOc1cccc(C[C@H](NC(=O)OC(C)(C)C)[C@@H](O)CN(Cc2cccc(C(C)C)c2)C(=O)OCc2ccccc2)c1. The Morgan fingerprint density at radius 3 is 2.32 bits per heavy atom. The van der Waals surface area contributed by atoms with E-state index in [1.807, 2.05) is 66.7 Å². The van der Waals surface area contributed by atoms with E-state index in [0.29, 0.717) is 18.3 Å². The highest BCUT2D eigenvalue weighted by Crippen LogP contribution is 2.20. The summed E-state index contributed by atoms with van der Waals surface area (Å²) in [7, 11) is 0. The zero-order valence-electron chi connectivity index (χ0n) is 26.5. The molecule has 0 radical (unpaired) electrons. The molecule has 0 aliphatic carbocycles. The summed E-state index contributed by atoms with van der Waals surface area (Å²) in [5.74, 6) is 0.955. The summed E-state index contributed by atoms with van der Waals surface area (Å²) in [5, 5.41) is 14.4. The smallest absolute Gasteiger partial charge is 0.410 e. The third kappa shape index (κ3) is 11.8. The fourth-order valence-electron chi connectivity index (χ4n) is 4.55. The van der Waals surface area contributed by atoms with Gasteiger partial charge in [-0.25, -0.2) is 9.59 Å². The average Bonchev–Trinajstić information content (AvgIpc) is 2.98. The van der Waals surface area contributed by atoms with Crippen LogP contribution in [-0.2, 0) is 29.0 Å². The molecule has 2 amide bonds. The van der Waals surface area contributed by atoms with Crippen LogP contribution in [0, 0.1) is 0 Å². The van der Waals surface area contributed by atoms with E-state index in [0.717, 1.165) is 22.3 Å². The van der Waals surface area contributed by atoms with Crippen LogP contribution in [0.3, 0.4) is 0 Å². The van der Waals surface area contributed by atoms with Crippen molar-refractivity contribution in [2.75, 3.05) is 13.2 Å². The Hall–Kier alpha value is -4.30. The number of aliphatic hydroxyl groups is 1. The lowest BCUT2D eigenvalue weighted by molar-refractivity contribution is 0.0327. The van der Waals surface area contributed by atoms with Gasteiger partial charge in [-0.05, 0) is 67.5 Å². The molecule has 0 unspecified atom stereocenters. The molecule has 0 aliphatic heterocycles. The van der Waals surface area contributed by atoms with Crippen molar-refractivity contribution in [1.29, 1.82) is 0 Å². The van der Waals surface area contributed by atoms with Gasteiger partial charge in [-0.15, -0.1) is 0 Å². The van der Waals surface area contributed by atoms with Gasteiger partial charge in [-0.3, -0.25) is 0 Å². The minimum Gasteiger partial charge on any atom is -0.490 e. The van der Waals surface area contributed by atoms with Crippen molar-refractivity contribution < 1.29 is 28.9 Å². The summed E-state index contributed by atoms with van der Waals surface area (Å²) in [5.41, 5.74) is 3.00. The number of nitrogens with zero attached hydrogens (tertiary/aromatic N) is 1. The Balaban J connectivity index is 1.86.